The van der Waals surface area contributed by atoms with Crippen LogP contribution in [-0.4, -0.2) is 14.3 Å². The lowest BCUT2D eigenvalue weighted by molar-refractivity contribution is -0.116. The maximum Gasteiger partial charge on any atom is 0.261 e. The summed E-state index contributed by atoms with van der Waals surface area (Å²) in [6.45, 7) is 7.69. The largest absolute Gasteiger partial charge is 0.326 e. The van der Waals surface area contributed by atoms with Crippen molar-refractivity contribution in [1.29, 1.82) is 0 Å². The minimum absolute atomic E-state index is 0.0525. The van der Waals surface area contributed by atoms with Crippen molar-refractivity contribution in [3.8, 4) is 0 Å². The second kappa shape index (κ2) is 7.27. The van der Waals surface area contributed by atoms with Crippen LogP contribution in [0.15, 0.2) is 17.0 Å². The van der Waals surface area contributed by atoms with E-state index in [9.17, 15) is 13.2 Å². The van der Waals surface area contributed by atoms with Crippen molar-refractivity contribution in [2.75, 3.05) is 5.32 Å². The van der Waals surface area contributed by atoms with Crippen LogP contribution in [0.4, 0.5) is 5.69 Å². The molecular weight excluding hydrogens is 310 g/mol. The Labute approximate surface area is 131 Å². The van der Waals surface area contributed by atoms with E-state index in [0.29, 0.717) is 17.7 Å². The molecule has 118 valence electrons. The molecule has 1 amide bonds. The van der Waals surface area contributed by atoms with E-state index in [1.807, 2.05) is 20.8 Å². The molecule has 0 saturated carbocycles. The number of hydrogen-bond donors (Lipinski definition) is 1. The molecule has 4 nitrogen and oxygen atoms in total. The number of unbranched alkanes of at least 4 members (excludes halogenated alkanes) is 1. The van der Waals surface area contributed by atoms with Crippen LogP contribution in [-0.2, 0) is 13.8 Å². The van der Waals surface area contributed by atoms with Crippen molar-refractivity contribution in [3.05, 3.63) is 23.3 Å². The second-order valence-electron chi connectivity index (χ2n) is 5.45. The number of rotatable bonds is 6. The van der Waals surface area contributed by atoms with E-state index in [-0.39, 0.29) is 16.7 Å². The molecule has 1 N–H and O–H groups in total. The highest BCUT2D eigenvalue weighted by atomic mass is 35.7. The average Bonchev–Trinajstić information content (AvgIpc) is 2.36. The zero-order valence-corrected chi connectivity index (χ0v) is 14.4. The predicted molar refractivity (Wildman–Crippen MR) is 86.5 cm³/mol. The fourth-order valence-corrected chi connectivity index (χ4v) is 2.94. The zero-order valence-electron chi connectivity index (χ0n) is 12.9. The Kier molecular flexibility index (Phi) is 6.23. The predicted octanol–water partition coefficient (Wildman–Crippen LogP) is 4.17. The quantitative estimate of drug-likeness (QED) is 0.795. The third-order valence-electron chi connectivity index (χ3n) is 3.26. The van der Waals surface area contributed by atoms with E-state index >= 15 is 0 Å². The number of hydrogen-bond acceptors (Lipinski definition) is 3. The monoisotopic (exact) mass is 331 g/mol. The molecule has 0 unspecified atom stereocenters. The van der Waals surface area contributed by atoms with Crippen molar-refractivity contribution in [1.82, 2.24) is 0 Å². The van der Waals surface area contributed by atoms with Crippen LogP contribution in [0.3, 0.4) is 0 Å². The SMILES string of the molecule is CCCCC(=O)Nc1c(C)cc(S(=O)(=O)Cl)cc1C(C)C. The van der Waals surface area contributed by atoms with Crippen LogP contribution in [0.5, 0.6) is 0 Å². The van der Waals surface area contributed by atoms with Gasteiger partial charge in [0.05, 0.1) is 4.90 Å². The normalized spacial score (nSPS) is 11.7. The summed E-state index contributed by atoms with van der Waals surface area (Å²) in [5.74, 6) is 0.0203. The molecule has 0 aliphatic heterocycles. The number of aryl methyl sites for hydroxylation is 1. The molecule has 1 aromatic carbocycles. The Morgan fingerprint density at radius 2 is 1.95 bits per heavy atom. The van der Waals surface area contributed by atoms with Crippen LogP contribution in [0, 0.1) is 6.92 Å². The first-order chi connectivity index (χ1) is 9.66. The van der Waals surface area contributed by atoms with Crippen molar-refractivity contribution in [2.45, 2.75) is 57.8 Å². The van der Waals surface area contributed by atoms with Gasteiger partial charge in [-0.3, -0.25) is 4.79 Å². The lowest BCUT2D eigenvalue weighted by Gasteiger charge is -2.18. The summed E-state index contributed by atoms with van der Waals surface area (Å²) in [7, 11) is 1.64. The maximum atomic E-state index is 11.9. The fraction of sp³-hybridized carbons (Fsp3) is 0.533. The molecule has 0 heterocycles. The van der Waals surface area contributed by atoms with Crippen LogP contribution >= 0.6 is 10.7 Å². The van der Waals surface area contributed by atoms with Gasteiger partial charge in [0.2, 0.25) is 5.91 Å². The van der Waals surface area contributed by atoms with E-state index < -0.39 is 9.05 Å². The highest BCUT2D eigenvalue weighted by molar-refractivity contribution is 8.13. The molecule has 6 heteroatoms. The van der Waals surface area contributed by atoms with Gasteiger partial charge in [-0.25, -0.2) is 8.42 Å². The van der Waals surface area contributed by atoms with Gasteiger partial charge < -0.3 is 5.32 Å². The molecule has 0 bridgehead atoms. The highest BCUT2D eigenvalue weighted by Gasteiger charge is 2.18. The van der Waals surface area contributed by atoms with Gasteiger partial charge in [0.1, 0.15) is 0 Å². The molecule has 0 saturated heterocycles. The summed E-state index contributed by atoms with van der Waals surface area (Å²) in [5.41, 5.74) is 2.17. The van der Waals surface area contributed by atoms with Crippen molar-refractivity contribution in [2.24, 2.45) is 0 Å². The van der Waals surface area contributed by atoms with Gasteiger partial charge in [0.15, 0.2) is 0 Å². The molecule has 0 spiro atoms. The van der Waals surface area contributed by atoms with Crippen molar-refractivity contribution >= 4 is 31.3 Å². The van der Waals surface area contributed by atoms with Crippen LogP contribution in [0.25, 0.3) is 0 Å². The van der Waals surface area contributed by atoms with Crippen molar-refractivity contribution < 1.29 is 13.2 Å². The van der Waals surface area contributed by atoms with E-state index in [4.69, 9.17) is 10.7 Å². The number of carbonyl (C=O) groups excluding carboxylic acids is 1. The average molecular weight is 332 g/mol. The first-order valence-corrected chi connectivity index (χ1v) is 9.36. The first-order valence-electron chi connectivity index (χ1n) is 7.05. The number of nitrogens with one attached hydrogen (secondary N) is 1. The molecule has 0 aliphatic carbocycles. The lowest BCUT2D eigenvalue weighted by atomic mass is 9.98. The van der Waals surface area contributed by atoms with Gasteiger partial charge in [-0.1, -0.05) is 27.2 Å². The van der Waals surface area contributed by atoms with E-state index in [1.54, 1.807) is 6.92 Å². The van der Waals surface area contributed by atoms with Gasteiger partial charge in [0, 0.05) is 22.8 Å². The molecule has 0 aliphatic rings. The molecule has 0 fully saturated rings. The molecule has 1 aromatic rings. The van der Waals surface area contributed by atoms with Gasteiger partial charge in [-0.05, 0) is 42.5 Å². The molecule has 0 radical (unpaired) electrons. The molecule has 21 heavy (non-hydrogen) atoms. The number of amides is 1. The Morgan fingerprint density at radius 3 is 2.43 bits per heavy atom. The first kappa shape index (κ1) is 18.0. The van der Waals surface area contributed by atoms with Gasteiger partial charge in [-0.2, -0.15) is 0 Å². The van der Waals surface area contributed by atoms with E-state index in [1.165, 1.54) is 12.1 Å². The molecule has 0 aromatic heterocycles. The Bertz CT molecular complexity index is 624. The van der Waals surface area contributed by atoms with Crippen LogP contribution < -0.4 is 5.32 Å². The third kappa shape index (κ3) is 5.00. The fourth-order valence-electron chi connectivity index (χ4n) is 2.09. The molecule has 1 rings (SSSR count). The Morgan fingerprint density at radius 1 is 1.33 bits per heavy atom. The number of halogens is 1. The lowest BCUT2D eigenvalue weighted by Crippen LogP contribution is -2.14. The standard InChI is InChI=1S/C15H22ClNO3S/c1-5-6-7-14(18)17-15-11(4)8-12(21(16,19)20)9-13(15)10(2)3/h8-10H,5-7H2,1-4H3,(H,17,18). The topological polar surface area (TPSA) is 63.2 Å². The number of carbonyl (C=O) groups is 1. The number of anilines is 1. The third-order valence-corrected chi connectivity index (χ3v) is 4.60. The Balaban J connectivity index is 3.23. The summed E-state index contributed by atoms with van der Waals surface area (Å²) in [6, 6.07) is 3.03. The smallest absolute Gasteiger partial charge is 0.261 e. The maximum absolute atomic E-state index is 11.9. The van der Waals surface area contributed by atoms with Gasteiger partial charge in [0.25, 0.3) is 9.05 Å². The van der Waals surface area contributed by atoms with Crippen molar-refractivity contribution in [3.63, 3.8) is 0 Å². The summed E-state index contributed by atoms with van der Waals surface area (Å²) in [5, 5.41) is 2.90. The highest BCUT2D eigenvalue weighted by Crippen LogP contribution is 2.32. The van der Waals surface area contributed by atoms with Gasteiger partial charge >= 0.3 is 0 Å². The van der Waals surface area contributed by atoms with E-state index in [2.05, 4.69) is 5.32 Å². The number of benzene rings is 1. The summed E-state index contributed by atoms with van der Waals surface area (Å²) < 4.78 is 23.0. The minimum atomic E-state index is -3.78. The van der Waals surface area contributed by atoms with Crippen LogP contribution in [0.2, 0.25) is 0 Å². The molecule has 0 atom stereocenters. The summed E-state index contributed by atoms with van der Waals surface area (Å²) in [6.07, 6.45) is 2.24. The van der Waals surface area contributed by atoms with Gasteiger partial charge in [-0.15, -0.1) is 0 Å². The second-order valence-corrected chi connectivity index (χ2v) is 8.01. The summed E-state index contributed by atoms with van der Waals surface area (Å²) in [4.78, 5) is 12.0. The minimum Gasteiger partial charge on any atom is -0.326 e. The Hall–Kier alpha value is -1.07. The molecular formula is C15H22ClNO3S. The van der Waals surface area contributed by atoms with E-state index in [0.717, 1.165) is 18.4 Å². The summed E-state index contributed by atoms with van der Waals surface area (Å²) >= 11 is 0. The van der Waals surface area contributed by atoms with Crippen LogP contribution in [0.1, 0.15) is 57.1 Å². The zero-order chi connectivity index (χ0) is 16.2.